The van der Waals surface area contributed by atoms with Gasteiger partial charge in [0.05, 0.1) is 0 Å². The summed E-state index contributed by atoms with van der Waals surface area (Å²) in [7, 11) is 0. The molecule has 2 N–H and O–H groups in total. The Bertz CT molecular complexity index is 377. The molecule has 1 fully saturated rings. The van der Waals surface area contributed by atoms with Crippen LogP contribution in [0.3, 0.4) is 0 Å². The smallest absolute Gasteiger partial charge is 0.344 e. The predicted octanol–water partition coefficient (Wildman–Crippen LogP) is 1.14. The molecule has 1 aliphatic heterocycles. The van der Waals surface area contributed by atoms with Gasteiger partial charge in [0.15, 0.2) is 0 Å². The van der Waals surface area contributed by atoms with E-state index in [1.165, 1.54) is 3.11 Å². The maximum absolute atomic E-state index is 12.1. The summed E-state index contributed by atoms with van der Waals surface area (Å²) >= 11 is 1.69. The Kier molecular flexibility index (Phi) is 5.69. The van der Waals surface area contributed by atoms with Crippen LogP contribution in [0, 0.1) is 0 Å². The van der Waals surface area contributed by atoms with E-state index in [1.54, 1.807) is 33.5 Å². The van der Waals surface area contributed by atoms with Gasteiger partial charge < -0.3 is 10.6 Å². The molecule has 2 unspecified atom stereocenters. The van der Waals surface area contributed by atoms with Crippen molar-refractivity contribution in [3.8, 4) is 0 Å². The molecule has 1 heterocycles. The first-order valence-electron chi connectivity index (χ1n) is 5.55. The zero-order valence-electron chi connectivity index (χ0n) is 10.2. The summed E-state index contributed by atoms with van der Waals surface area (Å²) in [5.74, 6) is -4.33. The fraction of sp³-hybridized carbons (Fsp3) is 0.778. The standard InChI is InChI=1S/C9H10F6IN3O2/c10-8(11,12)6(20)17-4-1-5(3-19(16)2-4)18-7(21)9(13,14)15/h4-5H,1-3H2,(H,17,20)(H,18,21). The monoisotopic (exact) mass is 433 g/mol. The van der Waals surface area contributed by atoms with Crippen LogP contribution >= 0.6 is 22.9 Å². The lowest BCUT2D eigenvalue weighted by Gasteiger charge is -2.35. The van der Waals surface area contributed by atoms with Crippen molar-refractivity contribution in [3.63, 3.8) is 0 Å². The SMILES string of the molecule is O=C(NC1CC(NC(=O)C(F)(F)F)CN(I)C1)C(F)(F)F. The van der Waals surface area contributed by atoms with Gasteiger partial charge >= 0.3 is 24.2 Å². The normalized spacial score (nSPS) is 24.5. The van der Waals surface area contributed by atoms with Crippen molar-refractivity contribution in [2.75, 3.05) is 13.1 Å². The third-order valence-corrected chi connectivity index (χ3v) is 3.38. The molecule has 1 rings (SSSR count). The van der Waals surface area contributed by atoms with E-state index in [0.717, 1.165) is 0 Å². The largest absolute Gasteiger partial charge is 0.471 e. The molecule has 0 saturated carbocycles. The Morgan fingerprint density at radius 1 is 0.905 bits per heavy atom. The number of hydrogen-bond donors (Lipinski definition) is 2. The second-order valence-corrected chi connectivity index (χ2v) is 5.76. The molecule has 0 aliphatic carbocycles. The summed E-state index contributed by atoms with van der Waals surface area (Å²) in [5, 5.41) is 3.38. The van der Waals surface area contributed by atoms with E-state index in [2.05, 4.69) is 0 Å². The average Bonchev–Trinajstić information content (AvgIpc) is 2.25. The van der Waals surface area contributed by atoms with Crippen molar-refractivity contribution >= 4 is 34.7 Å². The first-order chi connectivity index (χ1) is 9.39. The van der Waals surface area contributed by atoms with Crippen molar-refractivity contribution in [1.82, 2.24) is 13.7 Å². The van der Waals surface area contributed by atoms with Crippen molar-refractivity contribution < 1.29 is 35.9 Å². The van der Waals surface area contributed by atoms with Crippen molar-refractivity contribution in [2.24, 2.45) is 0 Å². The van der Waals surface area contributed by atoms with E-state index in [0.29, 0.717) is 0 Å². The van der Waals surface area contributed by atoms with Crippen LogP contribution in [0.4, 0.5) is 26.3 Å². The van der Waals surface area contributed by atoms with E-state index in [4.69, 9.17) is 0 Å². The average molecular weight is 433 g/mol. The van der Waals surface area contributed by atoms with Crippen LogP contribution in [-0.4, -0.2) is 52.5 Å². The Morgan fingerprint density at radius 2 is 1.24 bits per heavy atom. The summed E-state index contributed by atoms with van der Waals surface area (Å²) in [6.45, 7) is 0.0571. The van der Waals surface area contributed by atoms with Gasteiger partial charge in [0, 0.05) is 48.0 Å². The molecule has 1 saturated heterocycles. The molecule has 2 atom stereocenters. The number of nitrogens with zero attached hydrogens (tertiary/aromatic N) is 1. The predicted molar refractivity (Wildman–Crippen MR) is 66.2 cm³/mol. The zero-order chi connectivity index (χ0) is 16.4. The second kappa shape index (κ2) is 6.54. The van der Waals surface area contributed by atoms with Gasteiger partial charge in [0.2, 0.25) is 0 Å². The number of nitrogens with one attached hydrogen (secondary N) is 2. The van der Waals surface area contributed by atoms with Crippen molar-refractivity contribution in [3.05, 3.63) is 0 Å². The first-order valence-corrected chi connectivity index (χ1v) is 6.52. The van der Waals surface area contributed by atoms with Gasteiger partial charge in [0.25, 0.3) is 0 Å². The Labute approximate surface area is 128 Å². The molecule has 0 aromatic heterocycles. The van der Waals surface area contributed by atoms with E-state index in [1.807, 2.05) is 0 Å². The molecular weight excluding hydrogens is 423 g/mol. The topological polar surface area (TPSA) is 61.4 Å². The van der Waals surface area contributed by atoms with Gasteiger partial charge in [0.1, 0.15) is 0 Å². The van der Waals surface area contributed by atoms with Crippen LogP contribution in [-0.2, 0) is 9.59 Å². The molecule has 0 aromatic carbocycles. The molecular formula is C9H10F6IN3O2. The quantitative estimate of drug-likeness (QED) is 0.390. The highest BCUT2D eigenvalue weighted by atomic mass is 127. The number of carbonyl (C=O) groups is 2. The van der Waals surface area contributed by atoms with Crippen LogP contribution in [0.15, 0.2) is 0 Å². The zero-order valence-corrected chi connectivity index (χ0v) is 12.3. The summed E-state index contributed by atoms with van der Waals surface area (Å²) in [4.78, 5) is 21.6. The molecule has 21 heavy (non-hydrogen) atoms. The Morgan fingerprint density at radius 3 is 1.52 bits per heavy atom. The van der Waals surface area contributed by atoms with Crippen LogP contribution in [0.25, 0.3) is 0 Å². The highest BCUT2D eigenvalue weighted by Gasteiger charge is 2.43. The summed E-state index contributed by atoms with van der Waals surface area (Å²) in [6, 6.07) is -2.02. The highest BCUT2D eigenvalue weighted by Crippen LogP contribution is 2.20. The molecule has 0 aromatic rings. The molecule has 5 nitrogen and oxygen atoms in total. The van der Waals surface area contributed by atoms with Gasteiger partial charge in [-0.05, 0) is 6.42 Å². The molecule has 2 amide bonds. The lowest BCUT2D eigenvalue weighted by molar-refractivity contribution is -0.175. The van der Waals surface area contributed by atoms with Gasteiger partial charge in [-0.15, -0.1) is 0 Å². The van der Waals surface area contributed by atoms with Crippen molar-refractivity contribution in [1.29, 1.82) is 0 Å². The number of piperidine rings is 1. The Hall–Kier alpha value is -0.790. The molecule has 122 valence electrons. The number of amides is 2. The summed E-state index contributed by atoms with van der Waals surface area (Å²) in [6.07, 6.45) is -10.4. The van der Waals surface area contributed by atoms with E-state index in [-0.39, 0.29) is 19.5 Å². The first kappa shape index (κ1) is 18.3. The molecule has 0 bridgehead atoms. The van der Waals surface area contributed by atoms with Crippen LogP contribution in [0.2, 0.25) is 0 Å². The number of alkyl halides is 6. The van der Waals surface area contributed by atoms with Gasteiger partial charge in [-0.3, -0.25) is 9.59 Å². The van der Waals surface area contributed by atoms with E-state index >= 15 is 0 Å². The molecule has 12 heteroatoms. The maximum atomic E-state index is 12.1. The lowest BCUT2D eigenvalue weighted by atomic mass is 10.0. The summed E-state index contributed by atoms with van der Waals surface area (Å²) in [5.41, 5.74) is 0. The van der Waals surface area contributed by atoms with E-state index < -0.39 is 36.3 Å². The summed E-state index contributed by atoms with van der Waals surface area (Å²) < 4.78 is 74.1. The van der Waals surface area contributed by atoms with Gasteiger partial charge in [-0.25, -0.2) is 3.11 Å². The fourth-order valence-corrected chi connectivity index (χ4v) is 2.74. The number of rotatable bonds is 2. The highest BCUT2D eigenvalue weighted by molar-refractivity contribution is 14.1. The lowest BCUT2D eigenvalue weighted by Crippen LogP contribution is -2.57. The molecule has 0 spiro atoms. The minimum atomic E-state index is -5.07. The second-order valence-electron chi connectivity index (χ2n) is 4.40. The molecule has 0 radical (unpaired) electrons. The van der Waals surface area contributed by atoms with Gasteiger partial charge in [-0.1, -0.05) is 0 Å². The minimum absolute atomic E-state index is 0.0285. The van der Waals surface area contributed by atoms with Gasteiger partial charge in [-0.2, -0.15) is 26.3 Å². The number of hydrogen-bond acceptors (Lipinski definition) is 3. The third-order valence-electron chi connectivity index (χ3n) is 2.59. The maximum Gasteiger partial charge on any atom is 0.471 e. The molecule has 1 aliphatic rings. The number of halogens is 7. The van der Waals surface area contributed by atoms with Crippen LogP contribution < -0.4 is 10.6 Å². The number of carbonyl (C=O) groups excluding carboxylic acids is 2. The Balaban J connectivity index is 2.62. The van der Waals surface area contributed by atoms with Crippen LogP contribution in [0.5, 0.6) is 0 Å². The minimum Gasteiger partial charge on any atom is -0.344 e. The van der Waals surface area contributed by atoms with E-state index in [9.17, 15) is 35.9 Å². The fourth-order valence-electron chi connectivity index (χ4n) is 1.79. The van der Waals surface area contributed by atoms with Crippen molar-refractivity contribution in [2.45, 2.75) is 30.9 Å². The third kappa shape index (κ3) is 5.84. The van der Waals surface area contributed by atoms with Crippen LogP contribution in [0.1, 0.15) is 6.42 Å².